The van der Waals surface area contributed by atoms with Gasteiger partial charge in [0.25, 0.3) is 5.91 Å². The number of nitrogens with zero attached hydrogens (tertiary/aromatic N) is 1. The van der Waals surface area contributed by atoms with E-state index in [9.17, 15) is 9.59 Å². The standard InChI is InChI=1S/C26H24N2O6S/c1-4-33-25(30)23-22(16-8-6-5-7-9-16)27-26(35-23)28-24(29)21-13-11-19(34-21)15-17-14-18(31-2)10-12-20(17)32-3/h5-14H,4,15H2,1-3H3,(H,27,28,29). The van der Waals surface area contributed by atoms with Crippen LogP contribution in [-0.4, -0.2) is 37.7 Å². The summed E-state index contributed by atoms with van der Waals surface area (Å²) in [5.74, 6) is 1.13. The lowest BCUT2D eigenvalue weighted by molar-refractivity contribution is 0.0532. The van der Waals surface area contributed by atoms with Gasteiger partial charge in [-0.25, -0.2) is 9.78 Å². The number of furan rings is 1. The summed E-state index contributed by atoms with van der Waals surface area (Å²) in [4.78, 5) is 30.1. The predicted octanol–water partition coefficient (Wildman–Crippen LogP) is 5.44. The maximum absolute atomic E-state index is 12.9. The Morgan fingerprint density at radius 3 is 2.54 bits per heavy atom. The van der Waals surface area contributed by atoms with Crippen LogP contribution in [0.5, 0.6) is 11.5 Å². The van der Waals surface area contributed by atoms with Crippen LogP contribution in [0.3, 0.4) is 0 Å². The number of carbonyl (C=O) groups is 2. The van der Waals surface area contributed by atoms with Gasteiger partial charge in [-0.15, -0.1) is 0 Å². The van der Waals surface area contributed by atoms with Crippen LogP contribution in [0.15, 0.2) is 65.1 Å². The van der Waals surface area contributed by atoms with E-state index >= 15 is 0 Å². The third-order valence-corrected chi connectivity index (χ3v) is 6.04. The monoisotopic (exact) mass is 492 g/mol. The van der Waals surface area contributed by atoms with E-state index in [-0.39, 0.29) is 17.5 Å². The molecule has 9 heteroatoms. The number of nitrogens with one attached hydrogen (secondary N) is 1. The molecule has 0 saturated heterocycles. The molecule has 4 rings (SSSR count). The fourth-order valence-electron chi connectivity index (χ4n) is 3.46. The number of hydrogen-bond donors (Lipinski definition) is 1. The molecule has 0 radical (unpaired) electrons. The van der Waals surface area contributed by atoms with E-state index in [0.717, 1.165) is 22.5 Å². The number of rotatable bonds is 9. The van der Waals surface area contributed by atoms with Gasteiger partial charge in [-0.3, -0.25) is 10.1 Å². The van der Waals surface area contributed by atoms with Gasteiger partial charge in [-0.1, -0.05) is 41.7 Å². The largest absolute Gasteiger partial charge is 0.497 e. The Kier molecular flexibility index (Phi) is 7.47. The van der Waals surface area contributed by atoms with Gasteiger partial charge in [0, 0.05) is 17.5 Å². The molecular formula is C26H24N2O6S. The second kappa shape index (κ2) is 10.9. The summed E-state index contributed by atoms with van der Waals surface area (Å²) in [6.45, 7) is 1.97. The van der Waals surface area contributed by atoms with Crippen molar-refractivity contribution in [2.24, 2.45) is 0 Å². The molecule has 8 nitrogen and oxygen atoms in total. The van der Waals surface area contributed by atoms with Crippen molar-refractivity contribution < 1.29 is 28.2 Å². The highest BCUT2D eigenvalue weighted by molar-refractivity contribution is 7.18. The molecule has 0 atom stereocenters. The van der Waals surface area contributed by atoms with Crippen LogP contribution in [0.1, 0.15) is 38.5 Å². The number of anilines is 1. The lowest BCUT2D eigenvalue weighted by Crippen LogP contribution is -2.10. The van der Waals surface area contributed by atoms with Crippen molar-refractivity contribution in [3.05, 3.63) is 82.6 Å². The van der Waals surface area contributed by atoms with E-state index < -0.39 is 11.9 Å². The third kappa shape index (κ3) is 5.52. The van der Waals surface area contributed by atoms with Gasteiger partial charge in [-0.2, -0.15) is 0 Å². The van der Waals surface area contributed by atoms with Crippen molar-refractivity contribution in [2.75, 3.05) is 26.1 Å². The molecular weight excluding hydrogens is 468 g/mol. The smallest absolute Gasteiger partial charge is 0.350 e. The number of hydrogen-bond acceptors (Lipinski definition) is 8. The lowest BCUT2D eigenvalue weighted by atomic mass is 10.1. The Labute approximate surface area is 206 Å². The van der Waals surface area contributed by atoms with Crippen LogP contribution >= 0.6 is 11.3 Å². The van der Waals surface area contributed by atoms with E-state index in [1.54, 1.807) is 33.3 Å². The van der Waals surface area contributed by atoms with Gasteiger partial charge < -0.3 is 18.6 Å². The Morgan fingerprint density at radius 1 is 1.03 bits per heavy atom. The highest BCUT2D eigenvalue weighted by atomic mass is 32.1. The summed E-state index contributed by atoms with van der Waals surface area (Å²) in [5.41, 5.74) is 2.06. The molecule has 0 aliphatic rings. The van der Waals surface area contributed by atoms with Crippen LogP contribution in [-0.2, 0) is 11.2 Å². The van der Waals surface area contributed by atoms with Gasteiger partial charge >= 0.3 is 5.97 Å². The van der Waals surface area contributed by atoms with E-state index in [1.807, 2.05) is 48.5 Å². The Balaban J connectivity index is 1.54. The van der Waals surface area contributed by atoms with E-state index in [4.69, 9.17) is 18.6 Å². The molecule has 0 spiro atoms. The highest BCUT2D eigenvalue weighted by Crippen LogP contribution is 2.32. The molecule has 2 aromatic heterocycles. The molecule has 1 N–H and O–H groups in total. The van der Waals surface area contributed by atoms with Crippen molar-refractivity contribution in [3.8, 4) is 22.8 Å². The first-order valence-corrected chi connectivity index (χ1v) is 11.7. The average molecular weight is 493 g/mol. The first-order chi connectivity index (χ1) is 17.0. The first kappa shape index (κ1) is 24.0. The SMILES string of the molecule is CCOC(=O)c1sc(NC(=O)c2ccc(Cc3cc(OC)ccc3OC)o2)nc1-c1ccccc1. The Hall–Kier alpha value is -4.11. The van der Waals surface area contributed by atoms with E-state index in [2.05, 4.69) is 10.3 Å². The van der Waals surface area contributed by atoms with Crippen molar-refractivity contribution in [1.82, 2.24) is 4.98 Å². The third-order valence-electron chi connectivity index (χ3n) is 5.09. The fraction of sp³-hybridized carbons (Fsp3) is 0.192. The minimum absolute atomic E-state index is 0.121. The normalized spacial score (nSPS) is 10.6. The van der Waals surface area contributed by atoms with E-state index in [0.29, 0.717) is 34.3 Å². The Bertz CT molecular complexity index is 1330. The number of methoxy groups -OCH3 is 2. The quantitative estimate of drug-likeness (QED) is 0.311. The van der Waals surface area contributed by atoms with Crippen LogP contribution in [0, 0.1) is 0 Å². The molecule has 0 aliphatic heterocycles. The van der Waals surface area contributed by atoms with Crippen LogP contribution in [0.25, 0.3) is 11.3 Å². The summed E-state index contributed by atoms with van der Waals surface area (Å²) in [6.07, 6.45) is 0.413. The summed E-state index contributed by atoms with van der Waals surface area (Å²) >= 11 is 1.05. The average Bonchev–Trinajstić information content (AvgIpc) is 3.52. The molecule has 2 heterocycles. The predicted molar refractivity (Wildman–Crippen MR) is 133 cm³/mol. The number of amides is 1. The topological polar surface area (TPSA) is 99.9 Å². The first-order valence-electron chi connectivity index (χ1n) is 10.9. The molecule has 0 bridgehead atoms. The van der Waals surface area contributed by atoms with Crippen molar-refractivity contribution in [3.63, 3.8) is 0 Å². The zero-order valence-corrected chi connectivity index (χ0v) is 20.3. The van der Waals surface area contributed by atoms with Gasteiger partial charge in [0.1, 0.15) is 22.1 Å². The minimum Gasteiger partial charge on any atom is -0.497 e. The van der Waals surface area contributed by atoms with Gasteiger partial charge in [-0.05, 0) is 37.3 Å². The molecule has 0 aliphatic carbocycles. The van der Waals surface area contributed by atoms with Crippen molar-refractivity contribution in [2.45, 2.75) is 13.3 Å². The molecule has 0 saturated carbocycles. The molecule has 0 unspecified atom stereocenters. The summed E-state index contributed by atoms with van der Waals surface area (Å²) in [5, 5.41) is 2.99. The molecule has 2 aromatic carbocycles. The molecule has 1 amide bonds. The van der Waals surface area contributed by atoms with Crippen LogP contribution < -0.4 is 14.8 Å². The Morgan fingerprint density at radius 2 is 1.83 bits per heavy atom. The zero-order valence-electron chi connectivity index (χ0n) is 19.5. The number of thiazole rings is 1. The number of esters is 1. The van der Waals surface area contributed by atoms with Gasteiger partial charge in [0.05, 0.1) is 26.5 Å². The fourth-order valence-corrected chi connectivity index (χ4v) is 4.34. The highest BCUT2D eigenvalue weighted by Gasteiger charge is 2.22. The van der Waals surface area contributed by atoms with Gasteiger partial charge in [0.15, 0.2) is 10.9 Å². The lowest BCUT2D eigenvalue weighted by Gasteiger charge is -2.09. The van der Waals surface area contributed by atoms with Crippen molar-refractivity contribution in [1.29, 1.82) is 0 Å². The van der Waals surface area contributed by atoms with Crippen molar-refractivity contribution >= 4 is 28.3 Å². The zero-order chi connectivity index (χ0) is 24.8. The number of aromatic nitrogens is 1. The van der Waals surface area contributed by atoms with E-state index in [1.165, 1.54) is 0 Å². The number of carbonyl (C=O) groups excluding carboxylic acids is 2. The van der Waals surface area contributed by atoms with Gasteiger partial charge in [0.2, 0.25) is 0 Å². The maximum Gasteiger partial charge on any atom is 0.350 e. The summed E-state index contributed by atoms with van der Waals surface area (Å²) in [7, 11) is 3.19. The summed E-state index contributed by atoms with van der Waals surface area (Å²) in [6, 6.07) is 18.1. The molecule has 4 aromatic rings. The summed E-state index contributed by atoms with van der Waals surface area (Å²) < 4.78 is 21.7. The maximum atomic E-state index is 12.9. The second-order valence-corrected chi connectivity index (χ2v) is 8.36. The number of benzene rings is 2. The van der Waals surface area contributed by atoms with Crippen LogP contribution in [0.2, 0.25) is 0 Å². The molecule has 180 valence electrons. The minimum atomic E-state index is -0.489. The number of ether oxygens (including phenoxy) is 3. The second-order valence-electron chi connectivity index (χ2n) is 7.36. The molecule has 35 heavy (non-hydrogen) atoms. The van der Waals surface area contributed by atoms with Crippen LogP contribution in [0.4, 0.5) is 5.13 Å². The molecule has 0 fully saturated rings.